The highest BCUT2D eigenvalue weighted by atomic mass is 19.4. The van der Waals surface area contributed by atoms with Gasteiger partial charge in [-0.15, -0.1) is 13.2 Å². The third-order valence-corrected chi connectivity index (χ3v) is 6.21. The zero-order valence-electron chi connectivity index (χ0n) is 19.0. The van der Waals surface area contributed by atoms with Gasteiger partial charge >= 0.3 is 12.4 Å². The van der Waals surface area contributed by atoms with Crippen molar-refractivity contribution in [3.05, 3.63) is 65.7 Å². The van der Waals surface area contributed by atoms with Gasteiger partial charge in [-0.05, 0) is 30.2 Å². The van der Waals surface area contributed by atoms with Crippen LogP contribution in [0.25, 0.3) is 0 Å². The van der Waals surface area contributed by atoms with E-state index in [1.54, 1.807) is 4.90 Å². The summed E-state index contributed by atoms with van der Waals surface area (Å²) < 4.78 is 41.0. The topological polar surface area (TPSA) is 82.2 Å². The number of nitrogens with one attached hydrogen (secondary N) is 1. The molecule has 1 N–H and O–H groups in total. The van der Waals surface area contributed by atoms with Crippen molar-refractivity contribution in [2.24, 2.45) is 0 Å². The SMILES string of the molecule is CC1(c2ccc(OC(F)(F)F)cc2)NC(=O)N(CC(=O)N2CCN(Cc3ccccc3)CC2)C1=O. The molecule has 0 aliphatic carbocycles. The fraction of sp³-hybridized carbons (Fsp3) is 0.375. The number of hydrogen-bond acceptors (Lipinski definition) is 5. The standard InChI is InChI=1S/C24H25F3N4O4/c1-23(18-7-9-19(10-8-18)35-24(25,26)27)21(33)31(22(34)28-23)16-20(32)30-13-11-29(12-14-30)15-17-5-3-2-4-6-17/h2-10H,11-16H2,1H3,(H,28,34). The molecule has 1 atom stereocenters. The van der Waals surface area contributed by atoms with E-state index >= 15 is 0 Å². The average molecular weight is 490 g/mol. The molecule has 4 amide bonds. The predicted octanol–water partition coefficient (Wildman–Crippen LogP) is 2.70. The highest BCUT2D eigenvalue weighted by Gasteiger charge is 2.49. The number of urea groups is 1. The van der Waals surface area contributed by atoms with E-state index in [1.807, 2.05) is 30.3 Å². The van der Waals surface area contributed by atoms with E-state index in [1.165, 1.54) is 24.6 Å². The second-order valence-electron chi connectivity index (χ2n) is 8.66. The summed E-state index contributed by atoms with van der Waals surface area (Å²) in [6, 6.07) is 13.9. The minimum Gasteiger partial charge on any atom is -0.406 e. The molecule has 0 bridgehead atoms. The summed E-state index contributed by atoms with van der Waals surface area (Å²) in [6.45, 7) is 4.12. The molecule has 8 nitrogen and oxygen atoms in total. The summed E-state index contributed by atoms with van der Waals surface area (Å²) in [6.07, 6.45) is -4.84. The van der Waals surface area contributed by atoms with Crippen molar-refractivity contribution in [2.75, 3.05) is 32.7 Å². The molecular formula is C24H25F3N4O4. The van der Waals surface area contributed by atoms with Crippen molar-refractivity contribution < 1.29 is 32.3 Å². The zero-order chi connectivity index (χ0) is 25.2. The van der Waals surface area contributed by atoms with Crippen LogP contribution in [-0.4, -0.2) is 71.6 Å². The molecule has 2 aromatic rings. The van der Waals surface area contributed by atoms with Gasteiger partial charge in [0, 0.05) is 32.7 Å². The van der Waals surface area contributed by atoms with Crippen LogP contribution < -0.4 is 10.1 Å². The number of imide groups is 1. The van der Waals surface area contributed by atoms with E-state index in [2.05, 4.69) is 15.0 Å². The molecule has 1 unspecified atom stereocenters. The Bertz CT molecular complexity index is 1090. The van der Waals surface area contributed by atoms with Crippen LogP contribution in [0.1, 0.15) is 18.1 Å². The summed E-state index contributed by atoms with van der Waals surface area (Å²) >= 11 is 0. The van der Waals surface area contributed by atoms with Gasteiger partial charge in [0.15, 0.2) is 0 Å². The molecule has 0 radical (unpaired) electrons. The van der Waals surface area contributed by atoms with Gasteiger partial charge in [0.25, 0.3) is 5.91 Å². The molecular weight excluding hydrogens is 465 g/mol. The Hall–Kier alpha value is -3.60. The van der Waals surface area contributed by atoms with Crippen LogP contribution in [0.4, 0.5) is 18.0 Å². The molecule has 2 fully saturated rings. The molecule has 2 aliphatic heterocycles. The quantitative estimate of drug-likeness (QED) is 0.630. The van der Waals surface area contributed by atoms with E-state index < -0.39 is 36.1 Å². The Balaban J connectivity index is 1.35. The summed E-state index contributed by atoms with van der Waals surface area (Å²) in [7, 11) is 0. The maximum atomic E-state index is 13.1. The van der Waals surface area contributed by atoms with Gasteiger partial charge in [-0.1, -0.05) is 42.5 Å². The lowest BCUT2D eigenvalue weighted by Crippen LogP contribution is -2.51. The Kier molecular flexibility index (Phi) is 6.70. The third-order valence-electron chi connectivity index (χ3n) is 6.21. The summed E-state index contributed by atoms with van der Waals surface area (Å²) in [5.74, 6) is -1.44. The first-order chi connectivity index (χ1) is 16.5. The van der Waals surface area contributed by atoms with Gasteiger partial charge in [0.1, 0.15) is 17.8 Å². The molecule has 186 valence electrons. The van der Waals surface area contributed by atoms with Crippen molar-refractivity contribution in [3.8, 4) is 5.75 Å². The maximum absolute atomic E-state index is 13.1. The molecule has 0 saturated carbocycles. The molecule has 2 aromatic carbocycles. The second-order valence-corrected chi connectivity index (χ2v) is 8.66. The number of piperazine rings is 1. The fourth-order valence-electron chi connectivity index (χ4n) is 4.26. The van der Waals surface area contributed by atoms with Crippen LogP contribution in [0.3, 0.4) is 0 Å². The lowest BCUT2D eigenvalue weighted by molar-refractivity contribution is -0.274. The number of amides is 4. The molecule has 2 aliphatic rings. The van der Waals surface area contributed by atoms with E-state index in [0.717, 1.165) is 23.6 Å². The van der Waals surface area contributed by atoms with E-state index in [9.17, 15) is 27.6 Å². The highest BCUT2D eigenvalue weighted by molar-refractivity contribution is 6.09. The average Bonchev–Trinajstić information content (AvgIpc) is 3.03. The smallest absolute Gasteiger partial charge is 0.406 e. The van der Waals surface area contributed by atoms with Gasteiger partial charge in [0.2, 0.25) is 5.91 Å². The number of carbonyl (C=O) groups excluding carboxylic acids is 3. The molecule has 11 heteroatoms. The lowest BCUT2D eigenvalue weighted by atomic mass is 9.92. The summed E-state index contributed by atoms with van der Waals surface area (Å²) in [4.78, 5) is 43.2. The number of nitrogens with zero attached hydrogens (tertiary/aromatic N) is 3. The Morgan fingerprint density at radius 2 is 1.63 bits per heavy atom. The van der Waals surface area contributed by atoms with Crippen LogP contribution in [-0.2, 0) is 21.7 Å². The second kappa shape index (κ2) is 9.57. The number of alkyl halides is 3. The largest absolute Gasteiger partial charge is 0.573 e. The highest BCUT2D eigenvalue weighted by Crippen LogP contribution is 2.31. The van der Waals surface area contributed by atoms with E-state index in [0.29, 0.717) is 26.2 Å². The fourth-order valence-corrected chi connectivity index (χ4v) is 4.26. The molecule has 4 rings (SSSR count). The van der Waals surface area contributed by atoms with Gasteiger partial charge in [0.05, 0.1) is 0 Å². The monoisotopic (exact) mass is 490 g/mol. The van der Waals surface area contributed by atoms with Crippen LogP contribution >= 0.6 is 0 Å². The summed E-state index contributed by atoms with van der Waals surface area (Å²) in [5, 5.41) is 2.55. The molecule has 0 aromatic heterocycles. The number of carbonyl (C=O) groups is 3. The Morgan fingerprint density at radius 1 is 1.00 bits per heavy atom. The van der Waals surface area contributed by atoms with Crippen molar-refractivity contribution >= 4 is 17.8 Å². The number of halogens is 3. The summed E-state index contributed by atoms with van der Waals surface area (Å²) in [5.41, 5.74) is -0.0542. The number of ether oxygens (including phenoxy) is 1. The first kappa shape index (κ1) is 24.5. The van der Waals surface area contributed by atoms with Gasteiger partial charge in [-0.25, -0.2) is 4.79 Å². The number of hydrogen-bond donors (Lipinski definition) is 1. The molecule has 2 saturated heterocycles. The van der Waals surface area contributed by atoms with Crippen LogP contribution in [0.15, 0.2) is 54.6 Å². The van der Waals surface area contributed by atoms with Crippen LogP contribution in [0, 0.1) is 0 Å². The first-order valence-corrected chi connectivity index (χ1v) is 11.1. The molecule has 0 spiro atoms. The minimum atomic E-state index is -4.84. The van der Waals surface area contributed by atoms with Crippen LogP contribution in [0.5, 0.6) is 5.75 Å². The van der Waals surface area contributed by atoms with Gasteiger partial charge < -0.3 is 15.0 Å². The van der Waals surface area contributed by atoms with E-state index in [4.69, 9.17) is 0 Å². The van der Waals surface area contributed by atoms with Crippen molar-refractivity contribution in [2.45, 2.75) is 25.4 Å². The van der Waals surface area contributed by atoms with Crippen molar-refractivity contribution in [1.82, 2.24) is 20.0 Å². The van der Waals surface area contributed by atoms with Gasteiger partial charge in [-0.3, -0.25) is 19.4 Å². The number of rotatable bonds is 6. The van der Waals surface area contributed by atoms with Crippen LogP contribution in [0.2, 0.25) is 0 Å². The molecule has 35 heavy (non-hydrogen) atoms. The number of benzene rings is 2. The first-order valence-electron chi connectivity index (χ1n) is 11.1. The lowest BCUT2D eigenvalue weighted by Gasteiger charge is -2.35. The molecule has 2 heterocycles. The normalized spacial score (nSPS) is 21.3. The third kappa shape index (κ3) is 5.56. The Morgan fingerprint density at radius 3 is 2.23 bits per heavy atom. The maximum Gasteiger partial charge on any atom is 0.573 e. The van der Waals surface area contributed by atoms with Gasteiger partial charge in [-0.2, -0.15) is 0 Å². The minimum absolute atomic E-state index is 0.273. The van der Waals surface area contributed by atoms with Crippen molar-refractivity contribution in [1.29, 1.82) is 0 Å². The predicted molar refractivity (Wildman–Crippen MR) is 119 cm³/mol. The van der Waals surface area contributed by atoms with E-state index in [-0.39, 0.29) is 11.5 Å². The zero-order valence-corrected chi connectivity index (χ0v) is 19.0. The van der Waals surface area contributed by atoms with Crippen molar-refractivity contribution in [3.63, 3.8) is 0 Å². The Labute approximate surface area is 200 Å².